The molecule has 10 nitrogen and oxygen atoms in total. The lowest BCUT2D eigenvalue weighted by atomic mass is 10.2. The van der Waals surface area contributed by atoms with Crippen molar-refractivity contribution < 1.29 is 14.3 Å². The summed E-state index contributed by atoms with van der Waals surface area (Å²) in [5.74, 6) is -0.194. The van der Waals surface area contributed by atoms with Gasteiger partial charge >= 0.3 is 0 Å². The van der Waals surface area contributed by atoms with Crippen LogP contribution in [0.1, 0.15) is 0 Å². The summed E-state index contributed by atoms with van der Waals surface area (Å²) in [6, 6.07) is 12.2. The minimum Gasteiger partial charge on any atom is -0.482 e. The van der Waals surface area contributed by atoms with E-state index in [9.17, 15) is 14.4 Å². The number of benzene rings is 2. The molecule has 2 amide bonds. The van der Waals surface area contributed by atoms with Gasteiger partial charge < -0.3 is 15.0 Å². The number of aromatic nitrogens is 4. The molecule has 0 saturated carbocycles. The highest BCUT2D eigenvalue weighted by Gasteiger charge is 2.27. The van der Waals surface area contributed by atoms with Gasteiger partial charge in [0.1, 0.15) is 17.7 Å². The van der Waals surface area contributed by atoms with Crippen molar-refractivity contribution in [3.63, 3.8) is 0 Å². The van der Waals surface area contributed by atoms with Crippen molar-refractivity contribution in [3.8, 4) is 11.4 Å². The van der Waals surface area contributed by atoms with Crippen molar-refractivity contribution in [2.75, 3.05) is 23.4 Å². The summed E-state index contributed by atoms with van der Waals surface area (Å²) >= 11 is 3.37. The van der Waals surface area contributed by atoms with Crippen LogP contribution >= 0.6 is 15.9 Å². The van der Waals surface area contributed by atoms with Gasteiger partial charge in [-0.2, -0.15) is 5.10 Å². The maximum absolute atomic E-state index is 12.9. The standard InChI is InChI=1S/C21H15BrN6O4/c22-12-5-6-16-17(7-12)32-10-19(30)27(16)9-18(29)26-14-3-1-2-4-15(14)28-20-13(8-25-28)21(31)24-11-23-20/h1-8,11H,9-10H2,(H,26,29)(H,23,24,31). The first kappa shape index (κ1) is 19.9. The molecule has 4 aromatic rings. The fourth-order valence-electron chi connectivity index (χ4n) is 3.48. The van der Waals surface area contributed by atoms with E-state index in [1.807, 2.05) is 0 Å². The van der Waals surface area contributed by atoms with Crippen LogP contribution in [0.3, 0.4) is 0 Å². The Morgan fingerprint density at radius 2 is 2.03 bits per heavy atom. The quantitative estimate of drug-likeness (QED) is 0.448. The van der Waals surface area contributed by atoms with Gasteiger partial charge in [0, 0.05) is 4.47 Å². The number of hydrogen-bond donors (Lipinski definition) is 2. The smallest absolute Gasteiger partial charge is 0.265 e. The zero-order valence-electron chi connectivity index (χ0n) is 16.4. The van der Waals surface area contributed by atoms with E-state index in [0.717, 1.165) is 4.47 Å². The molecule has 1 aliphatic heterocycles. The van der Waals surface area contributed by atoms with Crippen molar-refractivity contribution in [1.82, 2.24) is 19.7 Å². The molecule has 3 heterocycles. The number of carbonyl (C=O) groups is 2. The number of aromatic amines is 1. The zero-order valence-corrected chi connectivity index (χ0v) is 18.0. The van der Waals surface area contributed by atoms with Crippen LogP contribution in [0.15, 0.2) is 64.3 Å². The molecule has 11 heteroatoms. The summed E-state index contributed by atoms with van der Waals surface area (Å²) in [7, 11) is 0. The summed E-state index contributed by atoms with van der Waals surface area (Å²) in [6.07, 6.45) is 2.71. The predicted molar refractivity (Wildman–Crippen MR) is 120 cm³/mol. The summed E-state index contributed by atoms with van der Waals surface area (Å²) < 4.78 is 7.75. The second kappa shape index (κ2) is 7.93. The summed E-state index contributed by atoms with van der Waals surface area (Å²) in [5, 5.41) is 7.42. The molecular weight excluding hydrogens is 480 g/mol. The largest absolute Gasteiger partial charge is 0.482 e. The minimum atomic E-state index is -0.399. The molecule has 2 aromatic carbocycles. The molecule has 160 valence electrons. The SMILES string of the molecule is O=C(CN1C(=O)COc2cc(Br)ccc21)Nc1ccccc1-n1ncc2c(=O)[nH]cnc21. The molecule has 2 aromatic heterocycles. The number of nitrogens with one attached hydrogen (secondary N) is 2. The first-order chi connectivity index (χ1) is 15.5. The minimum absolute atomic E-state index is 0.146. The third-order valence-electron chi connectivity index (χ3n) is 4.94. The molecule has 32 heavy (non-hydrogen) atoms. The van der Waals surface area contributed by atoms with Crippen molar-refractivity contribution >= 4 is 50.2 Å². The number of rotatable bonds is 4. The molecular formula is C21H15BrN6O4. The van der Waals surface area contributed by atoms with Gasteiger partial charge in [0.05, 0.1) is 29.6 Å². The monoisotopic (exact) mass is 494 g/mol. The van der Waals surface area contributed by atoms with E-state index in [1.54, 1.807) is 42.5 Å². The van der Waals surface area contributed by atoms with Crippen molar-refractivity contribution in [1.29, 1.82) is 0 Å². The number of amides is 2. The molecule has 0 unspecified atom stereocenters. The maximum atomic E-state index is 12.9. The molecule has 0 saturated heterocycles. The number of anilines is 2. The van der Waals surface area contributed by atoms with Crippen molar-refractivity contribution in [3.05, 3.63) is 69.8 Å². The average molecular weight is 495 g/mol. The number of nitrogens with zero attached hydrogens (tertiary/aromatic N) is 4. The van der Waals surface area contributed by atoms with Gasteiger partial charge in [-0.25, -0.2) is 9.67 Å². The topological polar surface area (TPSA) is 122 Å². The van der Waals surface area contributed by atoms with E-state index in [-0.39, 0.29) is 24.6 Å². The normalized spacial score (nSPS) is 13.0. The van der Waals surface area contributed by atoms with Gasteiger partial charge in [0.2, 0.25) is 5.91 Å². The molecule has 0 aliphatic carbocycles. The van der Waals surface area contributed by atoms with Crippen LogP contribution in [0.4, 0.5) is 11.4 Å². The van der Waals surface area contributed by atoms with Gasteiger partial charge in [-0.15, -0.1) is 0 Å². The van der Waals surface area contributed by atoms with Gasteiger partial charge in [0.15, 0.2) is 12.3 Å². The Morgan fingerprint density at radius 1 is 1.19 bits per heavy atom. The Hall–Kier alpha value is -3.99. The third-order valence-corrected chi connectivity index (χ3v) is 5.44. The molecule has 0 radical (unpaired) electrons. The van der Waals surface area contributed by atoms with Crippen LogP contribution in [0.2, 0.25) is 0 Å². The Kier molecular flexibility index (Phi) is 4.94. The van der Waals surface area contributed by atoms with Crippen LogP contribution in [-0.2, 0) is 9.59 Å². The number of halogens is 1. The Morgan fingerprint density at radius 3 is 2.91 bits per heavy atom. The molecule has 2 N–H and O–H groups in total. The summed E-state index contributed by atoms with van der Waals surface area (Å²) in [4.78, 5) is 45.4. The van der Waals surface area contributed by atoms with E-state index in [2.05, 4.69) is 36.3 Å². The third kappa shape index (κ3) is 3.52. The van der Waals surface area contributed by atoms with Crippen LogP contribution in [0, 0.1) is 0 Å². The molecule has 1 aliphatic rings. The Balaban J connectivity index is 1.44. The van der Waals surface area contributed by atoms with E-state index < -0.39 is 5.91 Å². The van der Waals surface area contributed by atoms with Gasteiger partial charge in [-0.3, -0.25) is 19.3 Å². The summed E-state index contributed by atoms with van der Waals surface area (Å²) in [5.41, 5.74) is 1.57. The predicted octanol–water partition coefficient (Wildman–Crippen LogP) is 2.24. The van der Waals surface area contributed by atoms with Gasteiger partial charge in [-0.1, -0.05) is 28.1 Å². The Labute approximate surface area is 189 Å². The lowest BCUT2D eigenvalue weighted by molar-refractivity contribution is -0.123. The molecule has 5 rings (SSSR count). The fraction of sp³-hybridized carbons (Fsp3) is 0.0952. The number of fused-ring (bicyclic) bond motifs is 2. The molecule has 0 fully saturated rings. The lowest BCUT2D eigenvalue weighted by Crippen LogP contribution is -2.43. The number of hydrogen-bond acceptors (Lipinski definition) is 6. The van der Waals surface area contributed by atoms with Crippen LogP contribution in [0.5, 0.6) is 5.75 Å². The highest BCUT2D eigenvalue weighted by atomic mass is 79.9. The molecule has 0 atom stereocenters. The highest BCUT2D eigenvalue weighted by molar-refractivity contribution is 9.10. The van der Waals surface area contributed by atoms with Crippen molar-refractivity contribution in [2.45, 2.75) is 0 Å². The number of H-pyrrole nitrogens is 1. The lowest BCUT2D eigenvalue weighted by Gasteiger charge is -2.29. The molecule has 0 spiro atoms. The first-order valence-electron chi connectivity index (χ1n) is 9.54. The second-order valence-electron chi connectivity index (χ2n) is 6.97. The van der Waals surface area contributed by atoms with Crippen LogP contribution < -0.4 is 20.5 Å². The second-order valence-corrected chi connectivity index (χ2v) is 7.89. The van der Waals surface area contributed by atoms with Crippen LogP contribution in [-0.4, -0.2) is 44.7 Å². The van der Waals surface area contributed by atoms with Crippen LogP contribution in [0.25, 0.3) is 16.7 Å². The van der Waals surface area contributed by atoms with E-state index in [0.29, 0.717) is 33.8 Å². The number of ether oxygens (including phenoxy) is 1. The fourth-order valence-corrected chi connectivity index (χ4v) is 3.82. The van der Waals surface area contributed by atoms with Gasteiger partial charge in [0.25, 0.3) is 11.5 Å². The number of para-hydroxylation sites is 2. The summed E-state index contributed by atoms with van der Waals surface area (Å²) in [6.45, 7) is -0.338. The molecule has 0 bridgehead atoms. The highest BCUT2D eigenvalue weighted by Crippen LogP contribution is 2.34. The Bertz CT molecular complexity index is 1430. The zero-order chi connectivity index (χ0) is 22.2. The first-order valence-corrected chi connectivity index (χ1v) is 10.3. The number of carbonyl (C=O) groups excluding carboxylic acids is 2. The van der Waals surface area contributed by atoms with Crippen molar-refractivity contribution in [2.24, 2.45) is 0 Å². The van der Waals surface area contributed by atoms with Gasteiger partial charge in [-0.05, 0) is 30.3 Å². The van der Waals surface area contributed by atoms with E-state index in [1.165, 1.54) is 22.1 Å². The maximum Gasteiger partial charge on any atom is 0.265 e. The average Bonchev–Trinajstić information content (AvgIpc) is 3.21. The van der Waals surface area contributed by atoms with E-state index in [4.69, 9.17) is 4.74 Å². The van der Waals surface area contributed by atoms with E-state index >= 15 is 0 Å².